The summed E-state index contributed by atoms with van der Waals surface area (Å²) in [5, 5.41) is 6.40. The van der Waals surface area contributed by atoms with Gasteiger partial charge in [-0.2, -0.15) is 0 Å². The van der Waals surface area contributed by atoms with Gasteiger partial charge in [0, 0.05) is 50.4 Å². The van der Waals surface area contributed by atoms with Gasteiger partial charge in [0.25, 0.3) is 5.56 Å². The average Bonchev–Trinajstić information content (AvgIpc) is 2.93. The topological polar surface area (TPSA) is 99.6 Å². The smallest absolute Gasteiger partial charge is 0.264 e. The van der Waals surface area contributed by atoms with Gasteiger partial charge in [-0.25, -0.2) is 4.98 Å². The molecule has 2 aromatic rings. The molecular weight excluding hydrogens is 528 g/mol. The second-order valence-corrected chi connectivity index (χ2v) is 14.6. The predicted octanol–water partition coefficient (Wildman–Crippen LogP) is 3.46. The fourth-order valence-electron chi connectivity index (χ4n) is 10.4. The van der Waals surface area contributed by atoms with E-state index in [0.29, 0.717) is 40.6 Å². The Morgan fingerprint density at radius 3 is 2.38 bits per heavy atom. The Labute approximate surface area is 247 Å². The first-order chi connectivity index (χ1) is 20.3. The molecule has 3 atom stereocenters. The number of fused-ring (bicyclic) bond motifs is 3. The molecule has 1 aromatic heterocycles. The van der Waals surface area contributed by atoms with E-state index in [4.69, 9.17) is 0 Å². The predicted molar refractivity (Wildman–Crippen MR) is 161 cm³/mol. The molecule has 4 aliphatic heterocycles. The van der Waals surface area contributed by atoms with Crippen LogP contribution >= 0.6 is 0 Å². The van der Waals surface area contributed by atoms with E-state index < -0.39 is 11.9 Å². The molecule has 6 bridgehead atoms. The maximum absolute atomic E-state index is 13.7. The molecule has 8 aliphatic rings. The van der Waals surface area contributed by atoms with Crippen LogP contribution in [0, 0.1) is 30.1 Å². The number of nitrogens with zero attached hydrogens (tertiary/aromatic N) is 4. The summed E-state index contributed by atoms with van der Waals surface area (Å²) in [4.78, 5) is 48.0. The Hall–Kier alpha value is -2.78. The molecular formula is C33H44N6O3. The van der Waals surface area contributed by atoms with Crippen molar-refractivity contribution in [3.63, 3.8) is 0 Å². The van der Waals surface area contributed by atoms with Crippen molar-refractivity contribution < 1.29 is 9.59 Å². The highest BCUT2D eigenvalue weighted by molar-refractivity contribution is 5.99. The Morgan fingerprint density at radius 2 is 1.69 bits per heavy atom. The summed E-state index contributed by atoms with van der Waals surface area (Å²) >= 11 is 0. The van der Waals surface area contributed by atoms with E-state index in [9.17, 15) is 14.4 Å². The highest BCUT2D eigenvalue weighted by Gasteiger charge is 2.52. The van der Waals surface area contributed by atoms with E-state index in [1.807, 2.05) is 18.2 Å². The molecule has 9 heteroatoms. The van der Waals surface area contributed by atoms with Crippen molar-refractivity contribution in [2.24, 2.45) is 23.2 Å². The van der Waals surface area contributed by atoms with Crippen LogP contribution in [0.4, 0.5) is 5.69 Å². The van der Waals surface area contributed by atoms with Crippen molar-refractivity contribution in [1.82, 2.24) is 24.7 Å². The number of amides is 2. The van der Waals surface area contributed by atoms with Gasteiger partial charge < -0.3 is 5.32 Å². The van der Waals surface area contributed by atoms with Crippen molar-refractivity contribution in [3.05, 3.63) is 34.4 Å². The van der Waals surface area contributed by atoms with Gasteiger partial charge in [0.05, 0.1) is 10.9 Å². The van der Waals surface area contributed by atoms with Crippen LogP contribution in [0.25, 0.3) is 10.9 Å². The lowest BCUT2D eigenvalue weighted by molar-refractivity contribution is -0.135. The van der Waals surface area contributed by atoms with E-state index in [-0.39, 0.29) is 17.9 Å². The Balaban J connectivity index is 0.890. The SMILES string of the molecule is Cc1nc2cccc(NCCN3CC4CC(C3)N4CCC34CC5CC(CC(C5)C3)C4)c2c(=O)n1C1CCC(=O)NC1=O. The molecule has 5 heterocycles. The van der Waals surface area contributed by atoms with Gasteiger partial charge in [-0.05, 0) is 107 Å². The number of imide groups is 1. The first kappa shape index (κ1) is 26.8. The zero-order valence-corrected chi connectivity index (χ0v) is 24.8. The molecule has 1 aromatic carbocycles. The van der Waals surface area contributed by atoms with Crippen LogP contribution in [-0.4, -0.2) is 76.0 Å². The third-order valence-corrected chi connectivity index (χ3v) is 11.9. The van der Waals surface area contributed by atoms with E-state index in [1.54, 1.807) is 6.92 Å². The van der Waals surface area contributed by atoms with Gasteiger partial charge in [-0.3, -0.25) is 34.1 Å². The number of nitrogens with one attached hydrogen (secondary N) is 2. The Morgan fingerprint density at radius 1 is 0.976 bits per heavy atom. The van der Waals surface area contributed by atoms with E-state index in [0.717, 1.165) is 49.6 Å². The second kappa shape index (κ2) is 10.2. The van der Waals surface area contributed by atoms with Gasteiger partial charge in [-0.15, -0.1) is 0 Å². The molecule has 3 unspecified atom stereocenters. The number of hydrogen-bond acceptors (Lipinski definition) is 7. The summed E-state index contributed by atoms with van der Waals surface area (Å²) in [6.45, 7) is 7.01. The van der Waals surface area contributed by atoms with Gasteiger partial charge in [0.1, 0.15) is 11.9 Å². The molecule has 2 amide bonds. The van der Waals surface area contributed by atoms with Gasteiger partial charge in [0.2, 0.25) is 11.8 Å². The standard InChI is InChI=1S/C33H44N6O3/c1-20-35-27-4-2-3-26(30(27)32(42)39(20)28-5-6-29(40)36-31(28)41)34-8-10-37-18-24-14-25(19-37)38(24)9-7-33-15-21-11-22(16-33)13-23(12-21)17-33/h2-4,21-25,28,34H,5-19H2,1H3,(H,36,40,41). The molecule has 9 nitrogen and oxygen atoms in total. The van der Waals surface area contributed by atoms with Gasteiger partial charge in [-0.1, -0.05) is 6.07 Å². The zero-order chi connectivity index (χ0) is 28.6. The quantitative estimate of drug-likeness (QED) is 0.468. The van der Waals surface area contributed by atoms with Crippen molar-refractivity contribution >= 4 is 28.4 Å². The molecule has 4 saturated heterocycles. The lowest BCUT2D eigenvalue weighted by Gasteiger charge is -2.60. The molecule has 8 fully saturated rings. The van der Waals surface area contributed by atoms with Crippen molar-refractivity contribution in [1.29, 1.82) is 0 Å². The second-order valence-electron chi connectivity index (χ2n) is 14.6. The number of piperazine rings is 1. The summed E-state index contributed by atoms with van der Waals surface area (Å²) in [7, 11) is 0. The molecule has 0 spiro atoms. The normalized spacial score (nSPS) is 35.8. The number of carbonyl (C=O) groups is 2. The lowest BCUT2D eigenvalue weighted by atomic mass is 9.49. The third kappa shape index (κ3) is 4.58. The number of rotatable bonds is 8. The minimum Gasteiger partial charge on any atom is -0.383 e. The van der Waals surface area contributed by atoms with Crippen LogP contribution in [0.15, 0.2) is 23.0 Å². The minimum atomic E-state index is -0.717. The van der Waals surface area contributed by atoms with Crippen molar-refractivity contribution in [3.8, 4) is 0 Å². The number of aromatic nitrogens is 2. The molecule has 224 valence electrons. The monoisotopic (exact) mass is 572 g/mol. The van der Waals surface area contributed by atoms with E-state index >= 15 is 0 Å². The van der Waals surface area contributed by atoms with Gasteiger partial charge >= 0.3 is 0 Å². The minimum absolute atomic E-state index is 0.220. The van der Waals surface area contributed by atoms with Crippen LogP contribution in [-0.2, 0) is 9.59 Å². The average molecular weight is 573 g/mol. The maximum Gasteiger partial charge on any atom is 0.264 e. The van der Waals surface area contributed by atoms with Crippen LogP contribution in [0.5, 0.6) is 0 Å². The molecule has 4 saturated carbocycles. The molecule has 2 N–H and O–H groups in total. The zero-order valence-electron chi connectivity index (χ0n) is 24.8. The summed E-state index contributed by atoms with van der Waals surface area (Å²) in [6.07, 6.45) is 12.4. The van der Waals surface area contributed by atoms with Crippen LogP contribution in [0.2, 0.25) is 0 Å². The van der Waals surface area contributed by atoms with Crippen molar-refractivity contribution in [2.45, 2.75) is 89.3 Å². The summed E-state index contributed by atoms with van der Waals surface area (Å²) < 4.78 is 1.46. The Bertz CT molecular complexity index is 1440. The first-order valence-corrected chi connectivity index (χ1v) is 16.4. The maximum atomic E-state index is 13.7. The highest BCUT2D eigenvalue weighted by atomic mass is 16.2. The number of aryl methyl sites for hydroxylation is 1. The lowest BCUT2D eigenvalue weighted by Crippen LogP contribution is -2.69. The van der Waals surface area contributed by atoms with Crippen LogP contribution in [0.3, 0.4) is 0 Å². The fourth-order valence-corrected chi connectivity index (χ4v) is 10.4. The van der Waals surface area contributed by atoms with Crippen molar-refractivity contribution in [2.75, 3.05) is 38.0 Å². The summed E-state index contributed by atoms with van der Waals surface area (Å²) in [6, 6.07) is 6.37. The van der Waals surface area contributed by atoms with Crippen LogP contribution < -0.4 is 16.2 Å². The first-order valence-electron chi connectivity index (χ1n) is 16.4. The number of anilines is 1. The highest BCUT2D eigenvalue weighted by Crippen LogP contribution is 2.61. The fraction of sp³-hybridized carbons (Fsp3) is 0.697. The van der Waals surface area contributed by atoms with E-state index in [2.05, 4.69) is 25.4 Å². The molecule has 10 rings (SSSR count). The third-order valence-electron chi connectivity index (χ3n) is 11.9. The largest absolute Gasteiger partial charge is 0.383 e. The van der Waals surface area contributed by atoms with Gasteiger partial charge in [0.15, 0.2) is 0 Å². The summed E-state index contributed by atoms with van der Waals surface area (Å²) in [5.74, 6) is 2.88. The number of carbonyl (C=O) groups excluding carboxylic acids is 2. The number of hydrogen-bond donors (Lipinski definition) is 2. The Kier molecular flexibility index (Phi) is 6.48. The molecule has 42 heavy (non-hydrogen) atoms. The van der Waals surface area contributed by atoms with E-state index in [1.165, 1.54) is 62.5 Å². The van der Waals surface area contributed by atoms with Crippen LogP contribution in [0.1, 0.15) is 76.1 Å². The molecule has 0 radical (unpaired) electrons. The molecule has 4 aliphatic carbocycles. The summed E-state index contributed by atoms with van der Waals surface area (Å²) in [5.41, 5.74) is 1.82. The number of benzene rings is 1. The number of piperidine rings is 2.